The van der Waals surface area contributed by atoms with Gasteiger partial charge in [-0.1, -0.05) is 113 Å². The average Bonchev–Trinajstić information content (AvgIpc) is 3.25. The van der Waals surface area contributed by atoms with E-state index in [2.05, 4.69) is 61.0 Å². The number of benzene rings is 2. The lowest BCUT2D eigenvalue weighted by atomic mass is 9.96. The molecule has 0 atom stereocenters. The van der Waals surface area contributed by atoms with Gasteiger partial charge in [-0.2, -0.15) is 11.3 Å². The van der Waals surface area contributed by atoms with Crippen molar-refractivity contribution in [2.75, 3.05) is 0 Å². The molecule has 0 radical (unpaired) electrons. The molecule has 0 spiro atoms. The molecule has 0 N–H and O–H groups in total. The zero-order chi connectivity index (χ0) is 21.9. The monoisotopic (exact) mass is 452 g/mol. The van der Waals surface area contributed by atoms with E-state index in [-0.39, 0.29) is 0 Å². The average molecular weight is 453 g/mol. The first-order valence-corrected chi connectivity index (χ1v) is 13.4. The smallest absolute Gasteiger partial charge is 0.0487 e. The summed E-state index contributed by atoms with van der Waals surface area (Å²) in [7, 11) is 0. The fraction of sp³-hybridized carbons (Fsp3) is 0.448. The minimum Gasteiger partial charge on any atom is -0.151 e. The Hall–Kier alpha value is -1.57. The summed E-state index contributed by atoms with van der Waals surface area (Å²) in [5.41, 5.74) is 7.56. The minimum absolute atomic E-state index is 0.831. The summed E-state index contributed by atoms with van der Waals surface area (Å²) >= 11 is 8.28. The van der Waals surface area contributed by atoms with Gasteiger partial charge in [0.05, 0.1) is 0 Å². The zero-order valence-electron chi connectivity index (χ0n) is 19.3. The molecule has 0 unspecified atom stereocenters. The van der Waals surface area contributed by atoms with E-state index in [1.165, 1.54) is 98.4 Å². The van der Waals surface area contributed by atoms with Crippen molar-refractivity contribution in [1.29, 1.82) is 0 Å². The molecule has 2 heteroatoms. The van der Waals surface area contributed by atoms with Gasteiger partial charge in [-0.15, -0.1) is 0 Å². The molecule has 31 heavy (non-hydrogen) atoms. The van der Waals surface area contributed by atoms with E-state index in [4.69, 9.17) is 11.6 Å². The van der Waals surface area contributed by atoms with E-state index in [0.29, 0.717) is 0 Å². The highest BCUT2D eigenvalue weighted by Crippen LogP contribution is 2.39. The Morgan fingerprint density at radius 2 is 1.29 bits per heavy atom. The van der Waals surface area contributed by atoms with Gasteiger partial charge in [0.15, 0.2) is 0 Å². The maximum atomic E-state index is 6.54. The molecule has 3 aromatic rings. The highest BCUT2D eigenvalue weighted by Gasteiger charge is 2.12. The summed E-state index contributed by atoms with van der Waals surface area (Å²) in [5, 5.41) is 5.28. The van der Waals surface area contributed by atoms with Gasteiger partial charge < -0.3 is 0 Å². The maximum absolute atomic E-state index is 6.54. The molecule has 0 amide bonds. The van der Waals surface area contributed by atoms with Gasteiger partial charge in [0, 0.05) is 21.7 Å². The van der Waals surface area contributed by atoms with Crippen molar-refractivity contribution < 1.29 is 0 Å². The molecule has 166 valence electrons. The first-order chi connectivity index (χ1) is 15.2. The van der Waals surface area contributed by atoms with Crippen molar-refractivity contribution in [2.24, 2.45) is 0 Å². The number of hydrogen-bond donors (Lipinski definition) is 0. The topological polar surface area (TPSA) is 0 Å². The van der Waals surface area contributed by atoms with Crippen LogP contribution in [0.4, 0.5) is 0 Å². The van der Waals surface area contributed by atoms with Crippen molar-refractivity contribution >= 4 is 22.9 Å². The van der Waals surface area contributed by atoms with Gasteiger partial charge in [-0.05, 0) is 53.3 Å². The number of rotatable bonds is 13. The summed E-state index contributed by atoms with van der Waals surface area (Å²) in [6.45, 7) is 4.37. The predicted octanol–water partition coefficient (Wildman–Crippen LogP) is 10.5. The predicted molar refractivity (Wildman–Crippen MR) is 140 cm³/mol. The molecule has 0 fully saturated rings. The fourth-order valence-corrected chi connectivity index (χ4v) is 5.43. The van der Waals surface area contributed by atoms with Gasteiger partial charge in [0.1, 0.15) is 0 Å². The van der Waals surface area contributed by atoms with Crippen LogP contribution in [-0.4, -0.2) is 0 Å². The van der Waals surface area contributed by atoms with E-state index < -0.39 is 0 Å². The highest BCUT2D eigenvalue weighted by atomic mass is 35.5. The van der Waals surface area contributed by atoms with Crippen molar-refractivity contribution in [1.82, 2.24) is 0 Å². The molecular weight excluding hydrogens is 416 g/mol. The molecule has 0 nitrogen and oxygen atoms in total. The number of hydrogen-bond acceptors (Lipinski definition) is 1. The van der Waals surface area contributed by atoms with Crippen LogP contribution in [0.5, 0.6) is 0 Å². The van der Waals surface area contributed by atoms with Crippen LogP contribution in [0.15, 0.2) is 53.2 Å². The Kier molecular flexibility index (Phi) is 10.2. The second kappa shape index (κ2) is 13.1. The molecule has 2 aromatic carbocycles. The first kappa shape index (κ1) is 24.1. The lowest BCUT2D eigenvalue weighted by molar-refractivity contribution is 0.556. The van der Waals surface area contributed by atoms with E-state index in [9.17, 15) is 0 Å². The molecule has 1 heterocycles. The summed E-state index contributed by atoms with van der Waals surface area (Å²) in [4.78, 5) is 0. The van der Waals surface area contributed by atoms with Crippen molar-refractivity contribution in [3.63, 3.8) is 0 Å². The van der Waals surface area contributed by atoms with Crippen LogP contribution in [0.25, 0.3) is 22.3 Å². The van der Waals surface area contributed by atoms with E-state index >= 15 is 0 Å². The quantitative estimate of drug-likeness (QED) is 0.226. The van der Waals surface area contributed by atoms with Crippen molar-refractivity contribution in [2.45, 2.75) is 84.5 Å². The molecule has 0 saturated heterocycles. The normalized spacial score (nSPS) is 11.2. The number of thiophene rings is 1. The van der Waals surface area contributed by atoms with Gasteiger partial charge in [0.25, 0.3) is 0 Å². The Balaban J connectivity index is 1.46. The molecule has 3 rings (SSSR count). The number of halogens is 1. The summed E-state index contributed by atoms with van der Waals surface area (Å²) in [6, 6.07) is 15.5. The second-order valence-corrected chi connectivity index (χ2v) is 9.96. The third-order valence-electron chi connectivity index (χ3n) is 6.16. The van der Waals surface area contributed by atoms with Crippen molar-refractivity contribution in [3.8, 4) is 22.3 Å². The second-order valence-electron chi connectivity index (χ2n) is 8.81. The largest absolute Gasteiger partial charge is 0.151 e. The minimum atomic E-state index is 0.831. The van der Waals surface area contributed by atoms with Gasteiger partial charge in [0.2, 0.25) is 0 Å². The molecular formula is C29H37ClS. The van der Waals surface area contributed by atoms with E-state index in [1.807, 2.05) is 6.07 Å². The third-order valence-corrected chi connectivity index (χ3v) is 7.22. The van der Waals surface area contributed by atoms with Gasteiger partial charge >= 0.3 is 0 Å². The van der Waals surface area contributed by atoms with Crippen molar-refractivity contribution in [3.05, 3.63) is 69.4 Å². The summed E-state index contributed by atoms with van der Waals surface area (Å²) < 4.78 is 0. The molecule has 1 aromatic heterocycles. The van der Waals surface area contributed by atoms with Crippen LogP contribution in [0.3, 0.4) is 0 Å². The Morgan fingerprint density at radius 3 is 1.94 bits per heavy atom. The van der Waals surface area contributed by atoms with Gasteiger partial charge in [-0.3, -0.25) is 0 Å². The van der Waals surface area contributed by atoms with Crippen LogP contribution in [0.1, 0.15) is 82.3 Å². The van der Waals surface area contributed by atoms with Gasteiger partial charge in [-0.25, -0.2) is 0 Å². The van der Waals surface area contributed by atoms with E-state index in [0.717, 1.165) is 10.6 Å². The molecule has 0 aliphatic carbocycles. The standard InChI is InChI=1S/C29H37ClS/c1-3-4-5-6-7-8-9-10-11-12-13-24-15-17-25(18-16-24)27-21-31-22-28(27)26-19-14-23(2)20-29(26)30/h14-22H,3-13H2,1-2H3. The van der Waals surface area contributed by atoms with Crippen LogP contribution < -0.4 is 0 Å². The fourth-order valence-electron chi connectivity index (χ4n) is 4.24. The summed E-state index contributed by atoms with van der Waals surface area (Å²) in [5.74, 6) is 0. The van der Waals surface area contributed by atoms with Crippen LogP contribution in [0, 0.1) is 6.92 Å². The number of unbranched alkanes of at least 4 members (excludes halogenated alkanes) is 9. The number of aryl methyl sites for hydroxylation is 2. The van der Waals surface area contributed by atoms with E-state index in [1.54, 1.807) is 11.3 Å². The van der Waals surface area contributed by atoms with Crippen LogP contribution in [-0.2, 0) is 6.42 Å². The molecule has 0 aliphatic rings. The third kappa shape index (κ3) is 7.51. The zero-order valence-corrected chi connectivity index (χ0v) is 20.8. The molecule has 0 saturated carbocycles. The maximum Gasteiger partial charge on any atom is 0.0487 e. The Morgan fingerprint density at radius 1 is 0.677 bits per heavy atom. The molecule has 0 aliphatic heterocycles. The summed E-state index contributed by atoms with van der Waals surface area (Å²) in [6.07, 6.45) is 15.1. The lowest BCUT2D eigenvalue weighted by Crippen LogP contribution is -1.88. The Labute approximate surface area is 198 Å². The first-order valence-electron chi connectivity index (χ1n) is 12.1. The lowest BCUT2D eigenvalue weighted by Gasteiger charge is -2.09. The Bertz CT molecular complexity index is 907. The van der Waals surface area contributed by atoms with Crippen LogP contribution in [0.2, 0.25) is 5.02 Å². The highest BCUT2D eigenvalue weighted by molar-refractivity contribution is 7.08. The SMILES string of the molecule is CCCCCCCCCCCCc1ccc(-c2cscc2-c2ccc(C)cc2Cl)cc1. The molecule has 0 bridgehead atoms. The van der Waals surface area contributed by atoms with Crippen LogP contribution >= 0.6 is 22.9 Å².